The maximum absolute atomic E-state index is 11.8. The summed E-state index contributed by atoms with van der Waals surface area (Å²) in [6, 6.07) is 5.07. The molecule has 0 fully saturated rings. The van der Waals surface area contributed by atoms with E-state index in [1.54, 1.807) is 39.0 Å². The molecular weight excluding hydrogens is 326 g/mol. The Morgan fingerprint density at radius 3 is 2.60 bits per heavy atom. The van der Waals surface area contributed by atoms with Gasteiger partial charge in [0, 0.05) is 17.0 Å². The molecule has 0 aromatic heterocycles. The lowest BCUT2D eigenvalue weighted by Crippen LogP contribution is -2.27. The molecule has 1 atom stereocenters. The molecular formula is C14H20BrNO4. The van der Waals surface area contributed by atoms with Crippen LogP contribution in [0.1, 0.15) is 32.4 Å². The van der Waals surface area contributed by atoms with E-state index < -0.39 is 17.8 Å². The van der Waals surface area contributed by atoms with Crippen LogP contribution in [0.3, 0.4) is 0 Å². The summed E-state index contributed by atoms with van der Waals surface area (Å²) in [5, 5.41) is 12.9. The monoisotopic (exact) mass is 345 g/mol. The van der Waals surface area contributed by atoms with Crippen LogP contribution in [-0.4, -0.2) is 29.2 Å². The largest absolute Gasteiger partial charge is 0.497 e. The molecule has 0 saturated heterocycles. The van der Waals surface area contributed by atoms with E-state index in [9.17, 15) is 9.90 Å². The molecule has 1 amide bonds. The second-order valence-electron chi connectivity index (χ2n) is 5.25. The van der Waals surface area contributed by atoms with Crippen molar-refractivity contribution in [2.45, 2.75) is 32.5 Å². The van der Waals surface area contributed by atoms with Gasteiger partial charge < -0.3 is 14.6 Å². The number of anilines is 1. The van der Waals surface area contributed by atoms with E-state index in [-0.39, 0.29) is 0 Å². The van der Waals surface area contributed by atoms with Crippen LogP contribution in [0.4, 0.5) is 10.5 Å². The number of carbonyl (C=O) groups is 1. The molecule has 1 aromatic carbocycles. The molecule has 1 unspecified atom stereocenters. The highest BCUT2D eigenvalue weighted by atomic mass is 79.9. The van der Waals surface area contributed by atoms with Crippen molar-refractivity contribution in [3.8, 4) is 5.75 Å². The summed E-state index contributed by atoms with van der Waals surface area (Å²) in [4.78, 5) is 11.8. The first kappa shape index (κ1) is 16.8. The van der Waals surface area contributed by atoms with Crippen LogP contribution in [0.15, 0.2) is 18.2 Å². The lowest BCUT2D eigenvalue weighted by molar-refractivity contribution is 0.0635. The van der Waals surface area contributed by atoms with Crippen LogP contribution in [0.2, 0.25) is 0 Å². The van der Waals surface area contributed by atoms with E-state index in [4.69, 9.17) is 9.47 Å². The topological polar surface area (TPSA) is 67.8 Å². The van der Waals surface area contributed by atoms with Gasteiger partial charge in [0.2, 0.25) is 0 Å². The summed E-state index contributed by atoms with van der Waals surface area (Å²) in [5.41, 5.74) is 0.469. The SMILES string of the molecule is COc1ccc(C(O)CBr)c(NC(=O)OC(C)(C)C)c1. The summed E-state index contributed by atoms with van der Waals surface area (Å²) in [5.74, 6) is 0.585. The number of ether oxygens (including phenoxy) is 2. The van der Waals surface area contributed by atoms with E-state index in [1.165, 1.54) is 7.11 Å². The molecule has 0 spiro atoms. The average Bonchev–Trinajstić information content (AvgIpc) is 2.35. The minimum Gasteiger partial charge on any atom is -0.497 e. The molecule has 5 nitrogen and oxygen atoms in total. The number of amides is 1. The number of aliphatic hydroxyl groups is 1. The van der Waals surface area contributed by atoms with Gasteiger partial charge in [0.1, 0.15) is 11.4 Å². The zero-order chi connectivity index (χ0) is 15.3. The minimum absolute atomic E-state index is 0.363. The molecule has 0 bridgehead atoms. The quantitative estimate of drug-likeness (QED) is 0.820. The molecule has 1 rings (SSSR count). The molecule has 0 aliphatic carbocycles. The van der Waals surface area contributed by atoms with Gasteiger partial charge in [-0.3, -0.25) is 5.32 Å². The predicted molar refractivity (Wildman–Crippen MR) is 81.6 cm³/mol. The molecule has 112 valence electrons. The first-order chi connectivity index (χ1) is 9.26. The van der Waals surface area contributed by atoms with Gasteiger partial charge in [0.15, 0.2) is 0 Å². The van der Waals surface area contributed by atoms with Crippen molar-refractivity contribution in [1.82, 2.24) is 0 Å². The fourth-order valence-electron chi connectivity index (χ4n) is 1.56. The van der Waals surface area contributed by atoms with Crippen LogP contribution in [0, 0.1) is 0 Å². The number of rotatable bonds is 4. The highest BCUT2D eigenvalue weighted by Gasteiger charge is 2.19. The van der Waals surface area contributed by atoms with Crippen molar-refractivity contribution >= 4 is 27.7 Å². The Balaban J connectivity index is 2.98. The van der Waals surface area contributed by atoms with Gasteiger partial charge in [-0.25, -0.2) is 4.79 Å². The Hall–Kier alpha value is -1.27. The normalized spacial score (nSPS) is 12.7. The summed E-state index contributed by atoms with van der Waals surface area (Å²) >= 11 is 3.21. The average molecular weight is 346 g/mol. The van der Waals surface area contributed by atoms with Crippen LogP contribution in [-0.2, 0) is 4.74 Å². The van der Waals surface area contributed by atoms with E-state index >= 15 is 0 Å². The Labute approximate surface area is 127 Å². The number of methoxy groups -OCH3 is 1. The fourth-order valence-corrected chi connectivity index (χ4v) is 1.91. The highest BCUT2D eigenvalue weighted by Crippen LogP contribution is 2.29. The lowest BCUT2D eigenvalue weighted by Gasteiger charge is -2.21. The fraction of sp³-hybridized carbons (Fsp3) is 0.500. The first-order valence-corrected chi connectivity index (χ1v) is 7.31. The second-order valence-corrected chi connectivity index (χ2v) is 5.90. The number of halogens is 1. The van der Waals surface area contributed by atoms with Gasteiger partial charge in [-0.15, -0.1) is 0 Å². The summed E-state index contributed by atoms with van der Waals surface area (Å²) < 4.78 is 10.3. The number of aliphatic hydroxyl groups excluding tert-OH is 1. The Morgan fingerprint density at radius 1 is 1.45 bits per heavy atom. The van der Waals surface area contributed by atoms with Gasteiger partial charge in [-0.1, -0.05) is 22.0 Å². The number of nitrogens with one attached hydrogen (secondary N) is 1. The molecule has 0 radical (unpaired) electrons. The van der Waals surface area contributed by atoms with E-state index in [0.717, 1.165) is 0 Å². The zero-order valence-electron chi connectivity index (χ0n) is 12.1. The summed E-state index contributed by atoms with van der Waals surface area (Å²) in [6.07, 6.45) is -1.31. The third kappa shape index (κ3) is 5.02. The number of alkyl halides is 1. The zero-order valence-corrected chi connectivity index (χ0v) is 13.7. The second kappa shape index (κ2) is 6.95. The number of benzene rings is 1. The predicted octanol–water partition coefficient (Wildman–Crippen LogP) is 3.47. The van der Waals surface area contributed by atoms with E-state index in [2.05, 4.69) is 21.2 Å². The molecule has 0 aliphatic heterocycles. The summed E-state index contributed by atoms with van der Waals surface area (Å²) in [7, 11) is 1.53. The molecule has 0 saturated carbocycles. The number of hydrogen-bond acceptors (Lipinski definition) is 4. The molecule has 20 heavy (non-hydrogen) atoms. The standard InChI is InChI=1S/C14H20BrNO4/c1-14(2,3)20-13(18)16-11-7-9(19-4)5-6-10(11)12(17)8-15/h5-7,12,17H,8H2,1-4H3,(H,16,18). The van der Waals surface area contributed by atoms with Crippen molar-refractivity contribution in [3.63, 3.8) is 0 Å². The van der Waals surface area contributed by atoms with Crippen molar-refractivity contribution < 1.29 is 19.4 Å². The van der Waals surface area contributed by atoms with Crippen molar-refractivity contribution in [2.75, 3.05) is 17.8 Å². The molecule has 0 heterocycles. The van der Waals surface area contributed by atoms with E-state index in [0.29, 0.717) is 22.3 Å². The van der Waals surface area contributed by atoms with Crippen molar-refractivity contribution in [2.24, 2.45) is 0 Å². The Morgan fingerprint density at radius 2 is 2.10 bits per heavy atom. The number of carbonyl (C=O) groups excluding carboxylic acids is 1. The highest BCUT2D eigenvalue weighted by molar-refractivity contribution is 9.09. The maximum Gasteiger partial charge on any atom is 0.412 e. The van der Waals surface area contributed by atoms with Gasteiger partial charge in [0.05, 0.1) is 18.9 Å². The van der Waals surface area contributed by atoms with Crippen LogP contribution < -0.4 is 10.1 Å². The minimum atomic E-state index is -0.731. The Bertz CT molecular complexity index is 471. The third-order valence-corrected chi connectivity index (χ3v) is 3.01. The molecule has 0 aliphatic rings. The van der Waals surface area contributed by atoms with Crippen LogP contribution in [0.25, 0.3) is 0 Å². The molecule has 1 aromatic rings. The smallest absolute Gasteiger partial charge is 0.412 e. The maximum atomic E-state index is 11.8. The lowest BCUT2D eigenvalue weighted by atomic mass is 10.1. The third-order valence-electron chi connectivity index (χ3n) is 2.40. The summed E-state index contributed by atoms with van der Waals surface area (Å²) in [6.45, 7) is 5.35. The van der Waals surface area contributed by atoms with E-state index in [1.807, 2.05) is 0 Å². The van der Waals surface area contributed by atoms with Crippen LogP contribution in [0.5, 0.6) is 5.75 Å². The van der Waals surface area contributed by atoms with Gasteiger partial charge in [-0.2, -0.15) is 0 Å². The van der Waals surface area contributed by atoms with Gasteiger partial charge >= 0.3 is 6.09 Å². The molecule has 6 heteroatoms. The van der Waals surface area contributed by atoms with Crippen LogP contribution >= 0.6 is 15.9 Å². The van der Waals surface area contributed by atoms with Crippen molar-refractivity contribution in [1.29, 1.82) is 0 Å². The molecule has 2 N–H and O–H groups in total. The van der Waals surface area contributed by atoms with Gasteiger partial charge in [-0.05, 0) is 26.8 Å². The Kier molecular flexibility index (Phi) is 5.83. The number of hydrogen-bond donors (Lipinski definition) is 2. The van der Waals surface area contributed by atoms with Gasteiger partial charge in [0.25, 0.3) is 0 Å². The van der Waals surface area contributed by atoms with Crippen molar-refractivity contribution in [3.05, 3.63) is 23.8 Å². The first-order valence-electron chi connectivity index (χ1n) is 6.19.